The van der Waals surface area contributed by atoms with Gasteiger partial charge in [0.05, 0.1) is 0 Å². The molecule has 0 spiro atoms. The molecule has 0 atom stereocenters. The van der Waals surface area contributed by atoms with E-state index < -0.39 is 0 Å². The topological polar surface area (TPSA) is 44.4 Å². The van der Waals surface area contributed by atoms with Crippen LogP contribution < -0.4 is 10.6 Å². The highest BCUT2D eigenvalue weighted by Gasteiger charge is 2.14. The predicted molar refractivity (Wildman–Crippen MR) is 119 cm³/mol. The molecule has 0 aliphatic carbocycles. The monoisotopic (exact) mass is 437 g/mol. The molecule has 0 bridgehead atoms. The highest BCUT2D eigenvalue weighted by molar-refractivity contribution is 7.99. The fraction of sp³-hybridized carbons (Fsp3) is 0.381. The Morgan fingerprint density at radius 3 is 2.64 bits per heavy atom. The lowest BCUT2D eigenvalue weighted by atomic mass is 10.1. The lowest BCUT2D eigenvalue weighted by Gasteiger charge is -2.27. The maximum atomic E-state index is 12.6. The first-order chi connectivity index (χ1) is 13.6. The molecule has 0 aromatic heterocycles. The molecule has 28 heavy (non-hydrogen) atoms. The van der Waals surface area contributed by atoms with Gasteiger partial charge in [-0.2, -0.15) is 0 Å². The van der Waals surface area contributed by atoms with Crippen molar-refractivity contribution >= 4 is 40.9 Å². The van der Waals surface area contributed by atoms with Crippen molar-refractivity contribution in [2.24, 2.45) is 0 Å². The molecule has 1 heterocycles. The second kappa shape index (κ2) is 10.5. The summed E-state index contributed by atoms with van der Waals surface area (Å²) >= 11 is 14.3. The van der Waals surface area contributed by atoms with Crippen LogP contribution in [0.4, 0.5) is 0 Å². The summed E-state index contributed by atoms with van der Waals surface area (Å²) in [6, 6.07) is 11.3. The van der Waals surface area contributed by atoms with Crippen molar-refractivity contribution in [2.45, 2.75) is 24.9 Å². The number of hydrogen-bond donors (Lipinski definition) is 2. The number of benzene rings is 2. The standard InChI is InChI=1S/C21H25Cl2N3OS/c1-2-28-20-6-5-18(22)11-17(20)13-25-21(27)15-3-4-16(19(23)12-15)14-26-9-7-24-8-10-26/h3-6,11-12,24H,2,7-10,13-14H2,1H3,(H,25,27). The number of rotatable bonds is 7. The summed E-state index contributed by atoms with van der Waals surface area (Å²) in [5, 5.41) is 7.63. The molecule has 1 fully saturated rings. The number of hydrogen-bond acceptors (Lipinski definition) is 4. The van der Waals surface area contributed by atoms with E-state index in [0.29, 0.717) is 22.2 Å². The molecule has 2 aromatic rings. The SMILES string of the molecule is CCSc1ccc(Cl)cc1CNC(=O)c1ccc(CN2CCNCC2)c(Cl)c1. The molecule has 1 amide bonds. The number of nitrogens with one attached hydrogen (secondary N) is 2. The first-order valence-electron chi connectivity index (χ1n) is 9.47. The molecular formula is C21H25Cl2N3OS. The lowest BCUT2D eigenvalue weighted by Crippen LogP contribution is -2.42. The fourth-order valence-corrected chi connectivity index (χ4v) is 4.41. The van der Waals surface area contributed by atoms with Gasteiger partial charge in [0.15, 0.2) is 0 Å². The normalized spacial score (nSPS) is 14.8. The number of carbonyl (C=O) groups excluding carboxylic acids is 1. The van der Waals surface area contributed by atoms with E-state index >= 15 is 0 Å². The quantitative estimate of drug-likeness (QED) is 0.628. The van der Waals surface area contributed by atoms with Crippen LogP contribution in [0.2, 0.25) is 10.0 Å². The Morgan fingerprint density at radius 1 is 1.14 bits per heavy atom. The molecule has 1 aliphatic rings. The van der Waals surface area contributed by atoms with Crippen LogP contribution in [-0.2, 0) is 13.1 Å². The smallest absolute Gasteiger partial charge is 0.251 e. The van der Waals surface area contributed by atoms with Crippen molar-refractivity contribution in [2.75, 3.05) is 31.9 Å². The van der Waals surface area contributed by atoms with E-state index in [1.165, 1.54) is 0 Å². The van der Waals surface area contributed by atoms with Gasteiger partial charge in [0, 0.05) is 59.8 Å². The molecule has 7 heteroatoms. The number of nitrogens with zero attached hydrogens (tertiary/aromatic N) is 1. The van der Waals surface area contributed by atoms with Crippen molar-refractivity contribution in [1.29, 1.82) is 0 Å². The van der Waals surface area contributed by atoms with Gasteiger partial charge in [0.25, 0.3) is 5.91 Å². The Balaban J connectivity index is 1.63. The predicted octanol–water partition coefficient (Wildman–Crippen LogP) is 4.44. The van der Waals surface area contributed by atoms with Crippen molar-refractivity contribution in [3.05, 3.63) is 63.1 Å². The zero-order chi connectivity index (χ0) is 19.9. The third-order valence-corrected chi connectivity index (χ3v) is 6.27. The third kappa shape index (κ3) is 5.88. The van der Waals surface area contributed by atoms with Crippen LogP contribution in [0.25, 0.3) is 0 Å². The molecule has 2 aromatic carbocycles. The highest BCUT2D eigenvalue weighted by atomic mass is 35.5. The first-order valence-corrected chi connectivity index (χ1v) is 11.2. The third-order valence-electron chi connectivity index (χ3n) is 4.68. The molecule has 1 saturated heterocycles. The van der Waals surface area contributed by atoms with E-state index in [0.717, 1.165) is 54.5 Å². The van der Waals surface area contributed by atoms with Gasteiger partial charge in [-0.15, -0.1) is 11.8 Å². The molecular weight excluding hydrogens is 413 g/mol. The highest BCUT2D eigenvalue weighted by Crippen LogP contribution is 2.26. The molecule has 3 rings (SSSR count). The molecule has 1 aliphatic heterocycles. The summed E-state index contributed by atoms with van der Waals surface area (Å²) in [4.78, 5) is 16.1. The number of halogens is 2. The Labute approximate surface area is 181 Å². The van der Waals surface area contributed by atoms with Crippen LogP contribution >= 0.6 is 35.0 Å². The maximum Gasteiger partial charge on any atom is 0.251 e. The van der Waals surface area contributed by atoms with Gasteiger partial charge in [-0.05, 0) is 47.2 Å². The lowest BCUT2D eigenvalue weighted by molar-refractivity contribution is 0.0950. The van der Waals surface area contributed by atoms with Gasteiger partial charge >= 0.3 is 0 Å². The van der Waals surface area contributed by atoms with Crippen LogP contribution in [0.15, 0.2) is 41.3 Å². The fourth-order valence-electron chi connectivity index (χ4n) is 3.19. The maximum absolute atomic E-state index is 12.6. The van der Waals surface area contributed by atoms with Crippen LogP contribution in [0, 0.1) is 0 Å². The summed E-state index contributed by atoms with van der Waals surface area (Å²) in [7, 11) is 0. The second-order valence-electron chi connectivity index (χ2n) is 6.70. The number of thioether (sulfide) groups is 1. The van der Waals surface area contributed by atoms with Gasteiger partial charge in [-0.3, -0.25) is 9.69 Å². The number of piperazine rings is 1. The summed E-state index contributed by atoms with van der Waals surface area (Å²) in [5.74, 6) is 0.829. The van der Waals surface area contributed by atoms with E-state index in [4.69, 9.17) is 23.2 Å². The number of amides is 1. The van der Waals surface area contributed by atoms with Crippen LogP contribution in [0.1, 0.15) is 28.4 Å². The van der Waals surface area contributed by atoms with Crippen LogP contribution in [0.5, 0.6) is 0 Å². The van der Waals surface area contributed by atoms with Crippen molar-refractivity contribution in [3.8, 4) is 0 Å². The molecule has 0 unspecified atom stereocenters. The molecule has 4 nitrogen and oxygen atoms in total. The van der Waals surface area contributed by atoms with Crippen molar-refractivity contribution in [1.82, 2.24) is 15.5 Å². The summed E-state index contributed by atoms with van der Waals surface area (Å²) in [6.45, 7) is 7.36. The summed E-state index contributed by atoms with van der Waals surface area (Å²) < 4.78 is 0. The molecule has 2 N–H and O–H groups in total. The largest absolute Gasteiger partial charge is 0.348 e. The minimum Gasteiger partial charge on any atom is -0.348 e. The Bertz CT molecular complexity index is 825. The van der Waals surface area contributed by atoms with Gasteiger partial charge in [0.2, 0.25) is 0 Å². The van der Waals surface area contributed by atoms with Gasteiger partial charge in [-0.1, -0.05) is 36.2 Å². The average molecular weight is 438 g/mol. The van der Waals surface area contributed by atoms with E-state index in [1.807, 2.05) is 30.3 Å². The van der Waals surface area contributed by atoms with Crippen molar-refractivity contribution in [3.63, 3.8) is 0 Å². The van der Waals surface area contributed by atoms with Crippen molar-refractivity contribution < 1.29 is 4.79 Å². The van der Waals surface area contributed by atoms with E-state index in [2.05, 4.69) is 22.5 Å². The Kier molecular flexibility index (Phi) is 8.06. The molecule has 0 radical (unpaired) electrons. The Morgan fingerprint density at radius 2 is 1.93 bits per heavy atom. The molecule has 150 valence electrons. The Hall–Kier alpha value is -1.24. The minimum atomic E-state index is -0.136. The van der Waals surface area contributed by atoms with Gasteiger partial charge in [-0.25, -0.2) is 0 Å². The first kappa shape index (κ1) is 21.5. The zero-order valence-corrected chi connectivity index (χ0v) is 18.3. The zero-order valence-electron chi connectivity index (χ0n) is 15.9. The summed E-state index contributed by atoms with van der Waals surface area (Å²) in [5.41, 5.74) is 2.64. The molecule has 0 saturated carbocycles. The van der Waals surface area contributed by atoms with Gasteiger partial charge in [0.1, 0.15) is 0 Å². The number of carbonyl (C=O) groups is 1. The van der Waals surface area contributed by atoms with E-state index in [-0.39, 0.29) is 5.91 Å². The van der Waals surface area contributed by atoms with Crippen LogP contribution in [-0.4, -0.2) is 42.7 Å². The minimum absolute atomic E-state index is 0.136. The summed E-state index contributed by atoms with van der Waals surface area (Å²) in [6.07, 6.45) is 0. The van der Waals surface area contributed by atoms with Crippen LogP contribution in [0.3, 0.4) is 0 Å². The van der Waals surface area contributed by atoms with E-state index in [9.17, 15) is 4.79 Å². The van der Waals surface area contributed by atoms with Gasteiger partial charge < -0.3 is 10.6 Å². The van der Waals surface area contributed by atoms with E-state index in [1.54, 1.807) is 17.8 Å². The second-order valence-corrected chi connectivity index (χ2v) is 8.85. The average Bonchev–Trinajstić information content (AvgIpc) is 2.70.